The monoisotopic (exact) mass is 385 g/mol. The van der Waals surface area contributed by atoms with E-state index in [1.807, 2.05) is 16.3 Å². The summed E-state index contributed by atoms with van der Waals surface area (Å²) in [6.45, 7) is 5.03. The molecule has 2 amide bonds. The van der Waals surface area contributed by atoms with Crippen LogP contribution in [0.2, 0.25) is 0 Å². The number of thiophene rings is 1. The van der Waals surface area contributed by atoms with E-state index in [-0.39, 0.29) is 17.9 Å². The molecule has 2 bridgehead atoms. The van der Waals surface area contributed by atoms with Gasteiger partial charge in [0.05, 0.1) is 16.9 Å². The van der Waals surface area contributed by atoms with Gasteiger partial charge < -0.3 is 20.4 Å². The van der Waals surface area contributed by atoms with E-state index >= 15 is 0 Å². The summed E-state index contributed by atoms with van der Waals surface area (Å²) >= 11 is 1.56. The topological polar surface area (TPSA) is 77.6 Å². The van der Waals surface area contributed by atoms with Crippen molar-refractivity contribution in [2.24, 2.45) is 5.92 Å². The number of anilines is 1. The molecule has 2 aromatic rings. The zero-order chi connectivity index (χ0) is 18.4. The van der Waals surface area contributed by atoms with Crippen LogP contribution in [0.5, 0.6) is 0 Å². The Balaban J connectivity index is 1.39. The summed E-state index contributed by atoms with van der Waals surface area (Å²) in [6.07, 6.45) is 4.08. The molecule has 0 aliphatic carbocycles. The molecule has 1 atom stereocenters. The molecule has 4 saturated heterocycles. The molecule has 2 aromatic heterocycles. The molecule has 0 spiro atoms. The molecule has 4 fully saturated rings. The van der Waals surface area contributed by atoms with Crippen LogP contribution in [0.25, 0.3) is 10.1 Å². The first-order chi connectivity index (χ1) is 13.2. The lowest BCUT2D eigenvalue weighted by Crippen LogP contribution is -2.57. The number of fused-ring (bicyclic) bond motifs is 4. The molecular formula is C19H23N5O2S. The van der Waals surface area contributed by atoms with Gasteiger partial charge in [-0.15, -0.1) is 11.3 Å². The largest absolute Gasteiger partial charge is 0.346 e. The average molecular weight is 385 g/mol. The van der Waals surface area contributed by atoms with Crippen LogP contribution in [0.4, 0.5) is 5.69 Å². The summed E-state index contributed by atoms with van der Waals surface area (Å²) in [5.41, 5.74) is 1.32. The SMILES string of the molecule is O=C(NC1CN2CCC1CC2)c1cc2c(N3CCNCC3=O)csc2cn1. The van der Waals surface area contributed by atoms with Crippen LogP contribution in [0, 0.1) is 5.92 Å². The lowest BCUT2D eigenvalue weighted by atomic mass is 9.84. The number of nitrogens with one attached hydrogen (secondary N) is 2. The Labute approximate surface area is 161 Å². The molecule has 2 N–H and O–H groups in total. The summed E-state index contributed by atoms with van der Waals surface area (Å²) in [4.78, 5) is 33.7. The third-order valence-corrected chi connectivity index (χ3v) is 6.95. The van der Waals surface area contributed by atoms with E-state index in [1.165, 1.54) is 0 Å². The van der Waals surface area contributed by atoms with Crippen LogP contribution < -0.4 is 15.5 Å². The Hall–Kier alpha value is -2.03. The number of pyridine rings is 1. The molecule has 1 unspecified atom stereocenters. The van der Waals surface area contributed by atoms with Gasteiger partial charge in [0.25, 0.3) is 5.91 Å². The molecule has 4 aliphatic heterocycles. The van der Waals surface area contributed by atoms with E-state index in [0.717, 1.165) is 54.8 Å². The maximum atomic E-state index is 12.8. The van der Waals surface area contributed by atoms with E-state index < -0.39 is 0 Å². The molecule has 142 valence electrons. The van der Waals surface area contributed by atoms with Gasteiger partial charge in [0.2, 0.25) is 5.91 Å². The highest BCUT2D eigenvalue weighted by atomic mass is 32.1. The second-order valence-electron chi connectivity index (χ2n) is 7.63. The number of carbonyl (C=O) groups is 2. The fourth-order valence-corrected chi connectivity index (χ4v) is 5.38. The van der Waals surface area contributed by atoms with Gasteiger partial charge in [0.1, 0.15) is 5.69 Å². The van der Waals surface area contributed by atoms with Gasteiger partial charge in [-0.05, 0) is 37.9 Å². The zero-order valence-corrected chi connectivity index (χ0v) is 15.9. The number of hydrogen-bond donors (Lipinski definition) is 2. The lowest BCUT2D eigenvalue weighted by Gasteiger charge is -2.44. The number of hydrogen-bond acceptors (Lipinski definition) is 6. The van der Waals surface area contributed by atoms with E-state index in [1.54, 1.807) is 17.5 Å². The second kappa shape index (κ2) is 6.85. The molecule has 0 saturated carbocycles. The van der Waals surface area contributed by atoms with Crippen LogP contribution in [-0.4, -0.2) is 67.0 Å². The number of aromatic nitrogens is 1. The molecule has 8 heteroatoms. The quantitative estimate of drug-likeness (QED) is 0.826. The molecule has 0 aromatic carbocycles. The Morgan fingerprint density at radius 3 is 2.89 bits per heavy atom. The molecule has 27 heavy (non-hydrogen) atoms. The molecule has 6 rings (SSSR count). The Morgan fingerprint density at radius 1 is 1.30 bits per heavy atom. The van der Waals surface area contributed by atoms with Gasteiger partial charge in [-0.1, -0.05) is 0 Å². The predicted octanol–water partition coefficient (Wildman–Crippen LogP) is 1.06. The van der Waals surface area contributed by atoms with E-state index in [4.69, 9.17) is 0 Å². The highest BCUT2D eigenvalue weighted by Gasteiger charge is 2.35. The van der Waals surface area contributed by atoms with Gasteiger partial charge in [-0.3, -0.25) is 9.59 Å². The normalized spacial score (nSPS) is 27.9. The van der Waals surface area contributed by atoms with Crippen molar-refractivity contribution in [1.29, 1.82) is 0 Å². The van der Waals surface area contributed by atoms with Crippen LogP contribution in [0.15, 0.2) is 17.6 Å². The van der Waals surface area contributed by atoms with Crippen molar-refractivity contribution in [3.8, 4) is 0 Å². The molecule has 0 radical (unpaired) electrons. The van der Waals surface area contributed by atoms with Gasteiger partial charge in [0.15, 0.2) is 0 Å². The smallest absolute Gasteiger partial charge is 0.270 e. The van der Waals surface area contributed by atoms with Crippen molar-refractivity contribution in [2.45, 2.75) is 18.9 Å². The number of nitrogens with zero attached hydrogens (tertiary/aromatic N) is 3. The Kier molecular flexibility index (Phi) is 4.34. The number of piperazine rings is 1. The fraction of sp³-hybridized carbons (Fsp3) is 0.526. The fourth-order valence-electron chi connectivity index (χ4n) is 4.48. The summed E-state index contributed by atoms with van der Waals surface area (Å²) in [5.74, 6) is 0.536. The summed E-state index contributed by atoms with van der Waals surface area (Å²) in [6, 6.07) is 2.06. The minimum atomic E-state index is -0.112. The number of amides is 2. The number of carbonyl (C=O) groups excluding carboxylic acids is 2. The first kappa shape index (κ1) is 17.1. The van der Waals surface area contributed by atoms with Crippen LogP contribution >= 0.6 is 11.3 Å². The van der Waals surface area contributed by atoms with E-state index in [9.17, 15) is 9.59 Å². The van der Waals surface area contributed by atoms with Gasteiger partial charge in [-0.25, -0.2) is 4.98 Å². The summed E-state index contributed by atoms with van der Waals surface area (Å²) in [7, 11) is 0. The molecule has 4 aliphatic rings. The van der Waals surface area contributed by atoms with E-state index in [0.29, 0.717) is 24.7 Å². The first-order valence-electron chi connectivity index (χ1n) is 9.60. The van der Waals surface area contributed by atoms with Crippen molar-refractivity contribution in [3.63, 3.8) is 0 Å². The van der Waals surface area contributed by atoms with Crippen LogP contribution in [0.1, 0.15) is 23.3 Å². The van der Waals surface area contributed by atoms with Gasteiger partial charge in [-0.2, -0.15) is 0 Å². The predicted molar refractivity (Wildman–Crippen MR) is 105 cm³/mol. The van der Waals surface area contributed by atoms with E-state index in [2.05, 4.69) is 20.5 Å². The van der Waals surface area contributed by atoms with Crippen molar-refractivity contribution < 1.29 is 9.59 Å². The zero-order valence-electron chi connectivity index (χ0n) is 15.1. The minimum absolute atomic E-state index is 0.0658. The van der Waals surface area contributed by atoms with Crippen molar-refractivity contribution in [2.75, 3.05) is 44.2 Å². The molecule has 6 heterocycles. The minimum Gasteiger partial charge on any atom is -0.346 e. The standard InChI is InChI=1S/C19H23N5O2S/c25-18-9-20-3-6-24(18)16-11-27-17-8-21-14(7-13(16)17)19(26)22-15-10-23-4-1-12(15)2-5-23/h7-8,11-12,15,20H,1-6,9-10H2,(H,22,26). The maximum Gasteiger partial charge on any atom is 0.270 e. The summed E-state index contributed by atoms with van der Waals surface area (Å²) in [5, 5.41) is 9.22. The average Bonchev–Trinajstić information content (AvgIpc) is 3.12. The first-order valence-corrected chi connectivity index (χ1v) is 10.5. The third-order valence-electron chi connectivity index (χ3n) is 6.03. The molecule has 7 nitrogen and oxygen atoms in total. The Bertz CT molecular complexity index is 889. The molecular weight excluding hydrogens is 362 g/mol. The maximum absolute atomic E-state index is 12.8. The highest BCUT2D eigenvalue weighted by Crippen LogP contribution is 2.34. The van der Waals surface area contributed by atoms with Gasteiger partial charge in [0, 0.05) is 42.6 Å². The summed E-state index contributed by atoms with van der Waals surface area (Å²) < 4.78 is 0.996. The number of piperidine rings is 3. The van der Waals surface area contributed by atoms with Gasteiger partial charge >= 0.3 is 0 Å². The third kappa shape index (κ3) is 3.11. The Morgan fingerprint density at radius 2 is 2.15 bits per heavy atom. The number of rotatable bonds is 3. The van der Waals surface area contributed by atoms with Crippen molar-refractivity contribution >= 4 is 38.9 Å². The second-order valence-corrected chi connectivity index (χ2v) is 8.54. The van der Waals surface area contributed by atoms with Crippen LogP contribution in [0.3, 0.4) is 0 Å². The van der Waals surface area contributed by atoms with Crippen molar-refractivity contribution in [1.82, 2.24) is 20.5 Å². The van der Waals surface area contributed by atoms with Crippen molar-refractivity contribution in [3.05, 3.63) is 23.3 Å². The lowest BCUT2D eigenvalue weighted by molar-refractivity contribution is -0.118. The van der Waals surface area contributed by atoms with Crippen LogP contribution in [-0.2, 0) is 4.79 Å². The highest BCUT2D eigenvalue weighted by molar-refractivity contribution is 7.17.